The summed E-state index contributed by atoms with van der Waals surface area (Å²) in [6, 6.07) is 6.72. The van der Waals surface area contributed by atoms with E-state index in [1.165, 1.54) is 39.8 Å². The van der Waals surface area contributed by atoms with Crippen LogP contribution in [0.5, 0.6) is 5.75 Å². The maximum atomic E-state index is 13.3. The lowest BCUT2D eigenvalue weighted by atomic mass is 10.1. The fourth-order valence-electron chi connectivity index (χ4n) is 4.17. The fraction of sp³-hybridized carbons (Fsp3) is 0.500. The number of nitrogens with zero attached hydrogens (tertiary/aromatic N) is 5. The minimum absolute atomic E-state index is 0.0301. The molecule has 10 nitrogen and oxygen atoms in total. The van der Waals surface area contributed by atoms with Crippen LogP contribution in [0.15, 0.2) is 47.5 Å². The predicted molar refractivity (Wildman–Crippen MR) is 196 cm³/mol. The Balaban J connectivity index is 0.000000488. The summed E-state index contributed by atoms with van der Waals surface area (Å²) in [6.45, 7) is 17.6. The molecule has 0 atom stereocenters. The van der Waals surface area contributed by atoms with Gasteiger partial charge in [-0.1, -0.05) is 64.7 Å². The molecule has 4 aromatic rings. The lowest BCUT2D eigenvalue weighted by Crippen LogP contribution is -2.22. The molecule has 0 fully saturated rings. The van der Waals surface area contributed by atoms with Crippen molar-refractivity contribution in [2.75, 3.05) is 25.1 Å². The molecule has 1 aromatic carbocycles. The zero-order valence-electron chi connectivity index (χ0n) is 28.8. The third-order valence-corrected chi connectivity index (χ3v) is 11.4. The Kier molecular flexibility index (Phi) is 14.7. The van der Waals surface area contributed by atoms with Crippen molar-refractivity contribution in [1.82, 2.24) is 24.4 Å². The number of hydrogen-bond acceptors (Lipinski definition) is 7. The van der Waals surface area contributed by atoms with E-state index in [-0.39, 0.29) is 34.3 Å². The van der Waals surface area contributed by atoms with Crippen molar-refractivity contribution in [2.24, 2.45) is 5.92 Å². The third-order valence-electron chi connectivity index (χ3n) is 6.76. The molecule has 264 valence electrons. The van der Waals surface area contributed by atoms with E-state index in [2.05, 4.69) is 89.6 Å². The van der Waals surface area contributed by atoms with E-state index in [9.17, 15) is 13.6 Å². The summed E-state index contributed by atoms with van der Waals surface area (Å²) < 4.78 is 46.1. The molecule has 3 heterocycles. The molecular weight excluding hydrogens is 742 g/mol. The van der Waals surface area contributed by atoms with Crippen molar-refractivity contribution >= 4 is 60.9 Å². The van der Waals surface area contributed by atoms with Crippen LogP contribution in [0.1, 0.15) is 24.2 Å². The number of anilines is 1. The highest BCUT2D eigenvalue weighted by Gasteiger charge is 2.24. The summed E-state index contributed by atoms with van der Waals surface area (Å²) in [5.74, 6) is -0.00431. The standard InChI is InChI=1S/C23H24BrClF2N6O3Si.C9H22OSi/c1-37(2,3)8-7-35-13-33-20(14-9-16(24)17(25)10-19(14)36-23(26)27)18(12-30-33)31-22(34)15-11-29-32-6-4-5-28-21(15)32;1-9(2)8-10-6-7-11(3,4)5/h4-6,9-12,23H,7-8,13H2,1-3H3,(H,31,34);9H,6-8H2,1-5H3. The molecule has 0 spiro atoms. The summed E-state index contributed by atoms with van der Waals surface area (Å²) in [5.41, 5.74) is 1.38. The molecule has 0 unspecified atom stereocenters. The Morgan fingerprint density at radius 2 is 1.69 bits per heavy atom. The van der Waals surface area contributed by atoms with Crippen molar-refractivity contribution in [3.8, 4) is 17.0 Å². The predicted octanol–water partition coefficient (Wildman–Crippen LogP) is 9.17. The average Bonchev–Trinajstić information content (AvgIpc) is 3.58. The van der Waals surface area contributed by atoms with Gasteiger partial charge in [-0.15, -0.1) is 0 Å². The van der Waals surface area contributed by atoms with Gasteiger partial charge < -0.3 is 19.5 Å². The Hall–Kier alpha value is -2.70. The van der Waals surface area contributed by atoms with Crippen LogP contribution in [0.2, 0.25) is 56.4 Å². The first kappa shape index (κ1) is 39.7. The number of nitrogens with one attached hydrogen (secondary N) is 1. The van der Waals surface area contributed by atoms with E-state index in [1.54, 1.807) is 18.5 Å². The second kappa shape index (κ2) is 17.8. The molecular formula is C32H46BrClF2N6O4Si2. The van der Waals surface area contributed by atoms with E-state index >= 15 is 0 Å². The number of hydrogen-bond donors (Lipinski definition) is 1. The highest BCUT2D eigenvalue weighted by Crippen LogP contribution is 2.41. The van der Waals surface area contributed by atoms with Crippen molar-refractivity contribution in [1.29, 1.82) is 0 Å². The minimum Gasteiger partial charge on any atom is -0.434 e. The number of carbonyl (C=O) groups excluding carboxylic acids is 1. The van der Waals surface area contributed by atoms with Crippen molar-refractivity contribution in [2.45, 2.75) is 78.6 Å². The lowest BCUT2D eigenvalue weighted by Gasteiger charge is -2.17. The molecule has 16 heteroatoms. The van der Waals surface area contributed by atoms with Crippen LogP contribution in [-0.4, -0.2) is 72.9 Å². The van der Waals surface area contributed by atoms with Crippen LogP contribution >= 0.6 is 27.5 Å². The van der Waals surface area contributed by atoms with Gasteiger partial charge in [0.1, 0.15) is 18.0 Å². The van der Waals surface area contributed by atoms with Crippen molar-refractivity contribution in [3.05, 3.63) is 58.0 Å². The normalized spacial score (nSPS) is 12.0. The fourth-order valence-corrected chi connectivity index (χ4v) is 6.18. The Morgan fingerprint density at radius 3 is 2.31 bits per heavy atom. The second-order valence-corrected chi connectivity index (χ2v) is 26.6. The highest BCUT2D eigenvalue weighted by molar-refractivity contribution is 9.10. The van der Waals surface area contributed by atoms with Gasteiger partial charge in [0.15, 0.2) is 5.65 Å². The molecule has 1 N–H and O–H groups in total. The second-order valence-electron chi connectivity index (χ2n) is 14.1. The molecule has 0 aliphatic heterocycles. The van der Waals surface area contributed by atoms with Gasteiger partial charge >= 0.3 is 6.61 Å². The summed E-state index contributed by atoms with van der Waals surface area (Å²) in [4.78, 5) is 17.4. The van der Waals surface area contributed by atoms with Crippen molar-refractivity contribution in [3.63, 3.8) is 0 Å². The van der Waals surface area contributed by atoms with E-state index < -0.39 is 28.7 Å². The van der Waals surface area contributed by atoms with Gasteiger partial charge in [-0.25, -0.2) is 14.2 Å². The smallest absolute Gasteiger partial charge is 0.387 e. The lowest BCUT2D eigenvalue weighted by molar-refractivity contribution is -0.0495. The van der Waals surface area contributed by atoms with Gasteiger partial charge in [-0.05, 0) is 46.1 Å². The number of alkyl halides is 2. The first-order valence-corrected chi connectivity index (χ1v) is 24.3. The zero-order valence-corrected chi connectivity index (χ0v) is 33.2. The highest BCUT2D eigenvalue weighted by atomic mass is 79.9. The van der Waals surface area contributed by atoms with Crippen LogP contribution in [0, 0.1) is 5.92 Å². The quantitative estimate of drug-likeness (QED) is 0.0947. The van der Waals surface area contributed by atoms with Crippen LogP contribution in [0.3, 0.4) is 0 Å². The molecule has 4 rings (SSSR count). The van der Waals surface area contributed by atoms with E-state index in [4.69, 9.17) is 25.8 Å². The minimum atomic E-state index is -3.09. The van der Waals surface area contributed by atoms with E-state index in [1.807, 2.05) is 0 Å². The van der Waals surface area contributed by atoms with E-state index in [0.29, 0.717) is 28.3 Å². The molecule has 0 saturated heterocycles. The Bertz CT molecular complexity index is 1640. The number of fused-ring (bicyclic) bond motifs is 1. The van der Waals surface area contributed by atoms with Gasteiger partial charge in [0.05, 0.1) is 28.8 Å². The Morgan fingerprint density at radius 1 is 1.02 bits per heavy atom. The first-order valence-electron chi connectivity index (χ1n) is 15.7. The number of amides is 1. The topological polar surface area (TPSA) is 105 Å². The molecule has 48 heavy (non-hydrogen) atoms. The van der Waals surface area contributed by atoms with Crippen LogP contribution in [-0.2, 0) is 16.2 Å². The number of rotatable bonds is 15. The first-order chi connectivity index (χ1) is 22.4. The maximum Gasteiger partial charge on any atom is 0.387 e. The van der Waals surface area contributed by atoms with Gasteiger partial charge in [0, 0.05) is 64.5 Å². The summed E-state index contributed by atoms with van der Waals surface area (Å²) in [7, 11) is -2.19. The molecule has 3 aromatic heterocycles. The monoisotopic (exact) mass is 786 g/mol. The molecule has 0 radical (unpaired) electrons. The van der Waals surface area contributed by atoms with Gasteiger partial charge in [0.2, 0.25) is 0 Å². The van der Waals surface area contributed by atoms with Gasteiger partial charge in [-0.2, -0.15) is 19.0 Å². The Labute approximate surface area is 296 Å². The van der Waals surface area contributed by atoms with Crippen LogP contribution < -0.4 is 10.1 Å². The van der Waals surface area contributed by atoms with Crippen molar-refractivity contribution < 1.29 is 27.8 Å². The molecule has 1 amide bonds. The van der Waals surface area contributed by atoms with Gasteiger partial charge in [-0.3, -0.25) is 4.79 Å². The van der Waals surface area contributed by atoms with Crippen LogP contribution in [0.4, 0.5) is 14.5 Å². The number of ether oxygens (including phenoxy) is 3. The average molecular weight is 788 g/mol. The van der Waals surface area contributed by atoms with E-state index in [0.717, 1.165) is 19.3 Å². The molecule has 0 aliphatic rings. The molecule has 0 bridgehead atoms. The molecule has 0 aliphatic carbocycles. The number of aromatic nitrogens is 5. The summed E-state index contributed by atoms with van der Waals surface area (Å²) in [6.07, 6.45) is 6.03. The largest absolute Gasteiger partial charge is 0.434 e. The molecule has 0 saturated carbocycles. The number of halogens is 4. The van der Waals surface area contributed by atoms with Crippen LogP contribution in [0.25, 0.3) is 16.9 Å². The summed E-state index contributed by atoms with van der Waals surface area (Å²) >= 11 is 9.50. The third kappa shape index (κ3) is 12.6. The zero-order chi connectivity index (χ0) is 35.6. The number of carbonyl (C=O) groups is 1. The van der Waals surface area contributed by atoms with Gasteiger partial charge in [0.25, 0.3) is 5.91 Å². The maximum absolute atomic E-state index is 13.3. The SMILES string of the molecule is CC(C)COCC[Si](C)(C)C.C[Si](C)(C)CCOCn1ncc(NC(=O)c2cnn3cccnc23)c1-c1cc(Br)c(Cl)cc1OC(F)F. The number of benzene rings is 1. The summed E-state index contributed by atoms with van der Waals surface area (Å²) in [5, 5.41) is 11.5.